The molecule has 0 N–H and O–H groups in total. The van der Waals surface area contributed by atoms with Crippen LogP contribution < -0.4 is 5.32 Å². The number of aryl methyl sites for hydroxylation is 2. The predicted molar refractivity (Wildman–Crippen MR) is 75.3 cm³/mol. The summed E-state index contributed by atoms with van der Waals surface area (Å²) >= 11 is 0. The van der Waals surface area contributed by atoms with Gasteiger partial charge in [-0.15, -0.1) is 0 Å². The number of benzene rings is 1. The lowest BCUT2D eigenvalue weighted by molar-refractivity contribution is 0.814. The van der Waals surface area contributed by atoms with Crippen LogP contribution in [0.5, 0.6) is 0 Å². The van der Waals surface area contributed by atoms with E-state index in [1.165, 1.54) is 16.5 Å². The number of hydrogen-bond donors (Lipinski definition) is 0. The van der Waals surface area contributed by atoms with Crippen molar-refractivity contribution in [3.63, 3.8) is 0 Å². The zero-order valence-electron chi connectivity index (χ0n) is 11.0. The molecule has 2 aromatic rings. The van der Waals surface area contributed by atoms with Crippen molar-refractivity contribution in [3.05, 3.63) is 29.8 Å². The highest BCUT2D eigenvalue weighted by Crippen LogP contribution is 2.21. The first-order chi connectivity index (χ1) is 7.46. The van der Waals surface area contributed by atoms with Crippen LogP contribution in [0.25, 0.3) is 10.9 Å². The molecule has 0 atom stereocenters. The molecule has 16 heavy (non-hydrogen) atoms. The maximum atomic E-state index is 2.51. The van der Waals surface area contributed by atoms with E-state index >= 15 is 0 Å². The summed E-state index contributed by atoms with van der Waals surface area (Å²) in [6, 6.07) is 8.78. The van der Waals surface area contributed by atoms with Gasteiger partial charge in [-0.3, -0.25) is 0 Å². The lowest BCUT2D eigenvalue weighted by Crippen LogP contribution is -2.44. The maximum absolute atomic E-state index is 2.51. The third-order valence-corrected chi connectivity index (χ3v) is 5.32. The molecule has 0 unspecified atom stereocenters. The molecule has 0 spiro atoms. The second-order valence-electron chi connectivity index (χ2n) is 5.49. The Labute approximate surface area is 99.1 Å². The lowest BCUT2D eigenvalue weighted by Gasteiger charge is -2.20. The summed E-state index contributed by atoms with van der Waals surface area (Å²) < 4.78 is 2.51. The molecule has 0 bridgehead atoms. The van der Waals surface area contributed by atoms with Gasteiger partial charge in [-0.2, -0.15) is 0 Å². The molecule has 1 aromatic heterocycles. The summed E-state index contributed by atoms with van der Waals surface area (Å²) in [4.78, 5) is 0. The number of hydrogen-bond acceptors (Lipinski definition) is 0. The van der Waals surface area contributed by atoms with Crippen molar-refractivity contribution in [3.8, 4) is 0 Å². The fourth-order valence-electron chi connectivity index (χ4n) is 2.77. The molecule has 2 rings (SSSR count). The monoisotopic (exact) mass is 231 g/mol. The second kappa shape index (κ2) is 3.77. The number of para-hydroxylation sites is 1. The fourth-order valence-corrected chi connectivity index (χ4v) is 5.12. The zero-order chi connectivity index (χ0) is 11.9. The average Bonchev–Trinajstić information content (AvgIpc) is 2.51. The van der Waals surface area contributed by atoms with Crippen molar-refractivity contribution in [2.45, 2.75) is 40.0 Å². The fraction of sp³-hybridized carbons (Fsp3) is 0.429. The van der Waals surface area contributed by atoms with Crippen molar-refractivity contribution in [1.82, 2.24) is 4.57 Å². The third-order valence-electron chi connectivity index (χ3n) is 3.25. The number of rotatable bonds is 2. The highest BCUT2D eigenvalue weighted by Gasteiger charge is 2.25. The Morgan fingerprint density at radius 1 is 1.12 bits per heavy atom. The Morgan fingerprint density at radius 2 is 1.75 bits per heavy atom. The normalized spacial score (nSPS) is 12.3. The van der Waals surface area contributed by atoms with Gasteiger partial charge in [0.2, 0.25) is 0 Å². The van der Waals surface area contributed by atoms with Crippen molar-refractivity contribution in [2.24, 2.45) is 0 Å². The van der Waals surface area contributed by atoms with Gasteiger partial charge in [0.25, 0.3) is 0 Å². The van der Waals surface area contributed by atoms with Crippen molar-refractivity contribution in [1.29, 1.82) is 0 Å². The van der Waals surface area contributed by atoms with E-state index in [4.69, 9.17) is 0 Å². The van der Waals surface area contributed by atoms with Crippen LogP contribution in [-0.2, 0) is 6.54 Å². The summed E-state index contributed by atoms with van der Waals surface area (Å²) in [6.45, 7) is 12.9. The summed E-state index contributed by atoms with van der Waals surface area (Å²) in [5, 5.41) is 3.04. The molecule has 1 nitrogen and oxygen atoms in total. The van der Waals surface area contributed by atoms with E-state index in [-0.39, 0.29) is 0 Å². The Bertz CT molecular complexity index is 517. The first-order valence-corrected chi connectivity index (χ1v) is 9.55. The predicted octanol–water partition coefficient (Wildman–Crippen LogP) is 3.51. The average molecular weight is 231 g/mol. The molecule has 0 amide bonds. The lowest BCUT2D eigenvalue weighted by atomic mass is 10.2. The number of fused-ring (bicyclic) bond motifs is 1. The highest BCUT2D eigenvalue weighted by molar-refractivity contribution is 6.88. The second-order valence-corrected chi connectivity index (χ2v) is 10.5. The molecule has 1 aromatic carbocycles. The molecule has 0 saturated heterocycles. The van der Waals surface area contributed by atoms with E-state index in [1.54, 1.807) is 5.32 Å². The van der Waals surface area contributed by atoms with Crippen molar-refractivity contribution < 1.29 is 0 Å². The minimum atomic E-state index is -1.26. The van der Waals surface area contributed by atoms with Crippen LogP contribution >= 0.6 is 0 Å². The Hall–Kier alpha value is -1.02. The van der Waals surface area contributed by atoms with Gasteiger partial charge in [0.1, 0.15) is 0 Å². The van der Waals surface area contributed by atoms with Crippen LogP contribution in [0.1, 0.15) is 12.5 Å². The quantitative estimate of drug-likeness (QED) is 0.697. The Kier molecular flexibility index (Phi) is 2.70. The third kappa shape index (κ3) is 1.61. The Balaban J connectivity index is 2.87. The van der Waals surface area contributed by atoms with Gasteiger partial charge >= 0.3 is 0 Å². The van der Waals surface area contributed by atoms with Crippen LogP contribution in [0, 0.1) is 6.92 Å². The standard InChI is InChI=1S/C14H21NSi/c1-6-15-13-10-8-7-9-12(13)11(2)14(15)16(3,4)5/h7-10H,6H2,1-5H3. The van der Waals surface area contributed by atoms with Crippen molar-refractivity contribution >= 4 is 24.3 Å². The zero-order valence-corrected chi connectivity index (χ0v) is 12.0. The molecule has 86 valence electrons. The number of nitrogens with zero attached hydrogens (tertiary/aromatic N) is 1. The van der Waals surface area contributed by atoms with Gasteiger partial charge in [-0.25, -0.2) is 0 Å². The van der Waals surface area contributed by atoms with E-state index in [9.17, 15) is 0 Å². The van der Waals surface area contributed by atoms with Gasteiger partial charge in [0, 0.05) is 22.8 Å². The SMILES string of the molecule is CCn1c([Si](C)(C)C)c(C)c2ccccc21. The molecule has 1 heterocycles. The van der Waals surface area contributed by atoms with Crippen molar-refractivity contribution in [2.75, 3.05) is 0 Å². The molecular weight excluding hydrogens is 210 g/mol. The summed E-state index contributed by atoms with van der Waals surface area (Å²) in [6.07, 6.45) is 0. The summed E-state index contributed by atoms with van der Waals surface area (Å²) in [7, 11) is -1.26. The van der Waals surface area contributed by atoms with E-state index < -0.39 is 8.07 Å². The smallest absolute Gasteiger partial charge is 0.0988 e. The molecule has 0 saturated carbocycles. The van der Waals surface area contributed by atoms with Crippen LogP contribution in [0.2, 0.25) is 19.6 Å². The molecule has 0 radical (unpaired) electrons. The largest absolute Gasteiger partial charge is 0.349 e. The molecular formula is C14H21NSi. The van der Waals surface area contributed by atoms with Gasteiger partial charge in [-0.05, 0) is 25.5 Å². The minimum Gasteiger partial charge on any atom is -0.349 e. The number of aromatic nitrogens is 1. The minimum absolute atomic E-state index is 1.08. The van der Waals surface area contributed by atoms with Crippen LogP contribution in [0.4, 0.5) is 0 Å². The molecule has 0 fully saturated rings. The molecule has 0 aliphatic carbocycles. The van der Waals surface area contributed by atoms with Gasteiger partial charge in [0.05, 0.1) is 8.07 Å². The first-order valence-electron chi connectivity index (χ1n) is 6.05. The highest BCUT2D eigenvalue weighted by atomic mass is 28.3. The van der Waals surface area contributed by atoms with E-state index in [0.717, 1.165) is 6.54 Å². The molecule has 0 aliphatic rings. The molecule has 0 aliphatic heterocycles. The van der Waals surface area contributed by atoms with E-state index in [0.29, 0.717) is 0 Å². The van der Waals surface area contributed by atoms with E-state index in [1.807, 2.05) is 0 Å². The first kappa shape index (κ1) is 11.5. The summed E-state index contributed by atoms with van der Waals surface area (Å²) in [5.41, 5.74) is 2.90. The van der Waals surface area contributed by atoms with Crippen LogP contribution in [-0.4, -0.2) is 12.6 Å². The Morgan fingerprint density at radius 3 is 2.31 bits per heavy atom. The van der Waals surface area contributed by atoms with Crippen LogP contribution in [0.15, 0.2) is 24.3 Å². The van der Waals surface area contributed by atoms with Gasteiger partial charge in [-0.1, -0.05) is 37.8 Å². The van der Waals surface area contributed by atoms with Gasteiger partial charge in [0.15, 0.2) is 0 Å². The topological polar surface area (TPSA) is 4.93 Å². The van der Waals surface area contributed by atoms with Crippen LogP contribution in [0.3, 0.4) is 0 Å². The maximum Gasteiger partial charge on any atom is 0.0988 e. The van der Waals surface area contributed by atoms with E-state index in [2.05, 4.69) is 62.3 Å². The molecule has 2 heteroatoms. The summed E-state index contributed by atoms with van der Waals surface area (Å²) in [5.74, 6) is 0. The van der Waals surface area contributed by atoms with Gasteiger partial charge < -0.3 is 4.57 Å².